The predicted octanol–water partition coefficient (Wildman–Crippen LogP) is 0.687. The van der Waals surface area contributed by atoms with Crippen LogP contribution in [0, 0.1) is 11.3 Å². The minimum atomic E-state index is -0.621. The molecule has 0 aromatic rings. The summed E-state index contributed by atoms with van der Waals surface area (Å²) in [6.45, 7) is 0. The largest absolute Gasteiger partial charge is 0.365 e. The monoisotopic (exact) mass is 186 g/mol. The molecule has 0 unspecified atom stereocenters. The molecule has 1 saturated heterocycles. The number of hydrogen-bond donors (Lipinski definition) is 1. The van der Waals surface area contributed by atoms with E-state index >= 15 is 0 Å². The van der Waals surface area contributed by atoms with E-state index in [1.165, 1.54) is 23.5 Å². The maximum absolute atomic E-state index is 10.6. The number of hydrogen-bond acceptors (Lipinski definition) is 4. The van der Waals surface area contributed by atoms with Crippen molar-refractivity contribution in [1.82, 2.24) is 0 Å². The summed E-state index contributed by atoms with van der Waals surface area (Å²) in [5, 5.41) is 8.52. The van der Waals surface area contributed by atoms with Crippen LogP contribution in [0.25, 0.3) is 0 Å². The van der Waals surface area contributed by atoms with Crippen molar-refractivity contribution in [1.29, 1.82) is 5.26 Å². The molecule has 0 aromatic heterocycles. The zero-order chi connectivity index (χ0) is 8.27. The quantitative estimate of drug-likeness (QED) is 0.483. The third-order valence-corrected chi connectivity index (χ3v) is 3.83. The van der Waals surface area contributed by atoms with Crippen molar-refractivity contribution in [3.63, 3.8) is 0 Å². The fraction of sp³-hybridized carbons (Fsp3) is 0.333. The van der Waals surface area contributed by atoms with Crippen molar-refractivity contribution in [3.05, 3.63) is 9.81 Å². The Kier molecular flexibility index (Phi) is 2.85. The first-order valence-electron chi connectivity index (χ1n) is 2.95. The van der Waals surface area contributed by atoms with Crippen molar-refractivity contribution >= 4 is 29.4 Å². The van der Waals surface area contributed by atoms with E-state index in [9.17, 15) is 4.79 Å². The molecular weight excluding hydrogens is 180 g/mol. The molecule has 0 radical (unpaired) electrons. The van der Waals surface area contributed by atoms with E-state index < -0.39 is 5.91 Å². The number of nitrogens with zero attached hydrogens (tertiary/aromatic N) is 1. The van der Waals surface area contributed by atoms with Crippen LogP contribution in [0.3, 0.4) is 0 Å². The lowest BCUT2D eigenvalue weighted by molar-refractivity contribution is -0.114. The predicted molar refractivity (Wildman–Crippen MR) is 46.7 cm³/mol. The molecule has 0 spiro atoms. The molecule has 0 bridgehead atoms. The summed E-state index contributed by atoms with van der Waals surface area (Å²) in [6, 6.07) is 1.81. The Hall–Kier alpha value is -0.600. The van der Waals surface area contributed by atoms with Crippen LogP contribution in [0.5, 0.6) is 0 Å². The van der Waals surface area contributed by atoms with Crippen molar-refractivity contribution < 1.29 is 4.79 Å². The normalized spacial score (nSPS) is 16.1. The molecule has 58 valence electrons. The van der Waals surface area contributed by atoms with Crippen LogP contribution in [-0.4, -0.2) is 17.4 Å². The first-order valence-corrected chi connectivity index (χ1v) is 4.92. The molecule has 5 heteroatoms. The van der Waals surface area contributed by atoms with Crippen LogP contribution >= 0.6 is 23.5 Å². The molecule has 1 amide bonds. The van der Waals surface area contributed by atoms with Crippen molar-refractivity contribution in [2.45, 2.75) is 0 Å². The van der Waals surface area contributed by atoms with Crippen LogP contribution < -0.4 is 5.73 Å². The maximum Gasteiger partial charge on any atom is 0.261 e. The van der Waals surface area contributed by atoms with Crippen molar-refractivity contribution in [2.75, 3.05) is 11.5 Å². The number of nitriles is 1. The Morgan fingerprint density at radius 3 is 2.45 bits per heavy atom. The molecular formula is C6H6N2OS2. The highest BCUT2D eigenvalue weighted by atomic mass is 32.2. The van der Waals surface area contributed by atoms with Gasteiger partial charge in [0, 0.05) is 11.5 Å². The van der Waals surface area contributed by atoms with Crippen molar-refractivity contribution in [2.24, 2.45) is 5.73 Å². The minimum Gasteiger partial charge on any atom is -0.365 e. The third kappa shape index (κ3) is 1.91. The van der Waals surface area contributed by atoms with E-state index in [2.05, 4.69) is 0 Å². The molecule has 2 N–H and O–H groups in total. The summed E-state index contributed by atoms with van der Waals surface area (Å²) in [7, 11) is 0. The van der Waals surface area contributed by atoms with Gasteiger partial charge in [0.25, 0.3) is 5.91 Å². The van der Waals surface area contributed by atoms with Crippen LogP contribution in [0.4, 0.5) is 0 Å². The number of amides is 1. The molecule has 1 aliphatic heterocycles. The third-order valence-electron chi connectivity index (χ3n) is 1.11. The zero-order valence-corrected chi connectivity index (χ0v) is 7.30. The van der Waals surface area contributed by atoms with Crippen LogP contribution in [0.1, 0.15) is 0 Å². The Morgan fingerprint density at radius 2 is 2.09 bits per heavy atom. The fourth-order valence-corrected chi connectivity index (χ4v) is 3.11. The van der Waals surface area contributed by atoms with Gasteiger partial charge in [0.1, 0.15) is 11.6 Å². The average molecular weight is 186 g/mol. The van der Waals surface area contributed by atoms with E-state index in [-0.39, 0.29) is 5.57 Å². The standard InChI is InChI=1S/C6H6N2OS2/c7-3-4(5(8)9)6-10-1-2-11-6/h1-2H2,(H2,8,9). The number of nitrogens with two attached hydrogens (primary N) is 1. The zero-order valence-electron chi connectivity index (χ0n) is 5.66. The lowest BCUT2D eigenvalue weighted by atomic mass is 10.3. The van der Waals surface area contributed by atoms with Gasteiger partial charge in [-0.25, -0.2) is 0 Å². The van der Waals surface area contributed by atoms with Gasteiger partial charge in [-0.1, -0.05) is 0 Å². The lowest BCUT2D eigenvalue weighted by Crippen LogP contribution is -2.13. The van der Waals surface area contributed by atoms with Crippen LogP contribution in [0.2, 0.25) is 0 Å². The number of carbonyl (C=O) groups is 1. The second-order valence-corrected chi connectivity index (χ2v) is 4.30. The fourth-order valence-electron chi connectivity index (χ4n) is 0.656. The summed E-state index contributed by atoms with van der Waals surface area (Å²) in [5.74, 6) is 1.29. The van der Waals surface area contributed by atoms with Gasteiger partial charge in [-0.05, 0) is 0 Å². The maximum atomic E-state index is 10.6. The Balaban J connectivity index is 2.90. The van der Waals surface area contributed by atoms with Gasteiger partial charge in [-0.3, -0.25) is 4.79 Å². The minimum absolute atomic E-state index is 0.109. The van der Waals surface area contributed by atoms with Gasteiger partial charge in [-0.2, -0.15) is 5.26 Å². The van der Waals surface area contributed by atoms with Gasteiger partial charge < -0.3 is 5.73 Å². The first kappa shape index (κ1) is 8.50. The van der Waals surface area contributed by atoms with Crippen molar-refractivity contribution in [3.8, 4) is 6.07 Å². The van der Waals surface area contributed by atoms with Gasteiger partial charge in [0.05, 0.1) is 4.24 Å². The molecule has 1 heterocycles. The summed E-state index contributed by atoms with van der Waals surface area (Å²) in [4.78, 5) is 10.6. The molecule has 0 aromatic carbocycles. The van der Waals surface area contributed by atoms with E-state index in [1.807, 2.05) is 0 Å². The van der Waals surface area contributed by atoms with Gasteiger partial charge in [0.2, 0.25) is 0 Å². The molecule has 0 saturated carbocycles. The summed E-state index contributed by atoms with van der Waals surface area (Å²) in [6.07, 6.45) is 0. The number of primary amides is 1. The second-order valence-electron chi connectivity index (χ2n) is 1.84. The Morgan fingerprint density at radius 1 is 1.55 bits per heavy atom. The number of rotatable bonds is 1. The summed E-state index contributed by atoms with van der Waals surface area (Å²) < 4.78 is 0.778. The van der Waals surface area contributed by atoms with Crippen LogP contribution in [0.15, 0.2) is 9.81 Å². The Bertz CT molecular complexity index is 246. The molecule has 1 rings (SSSR count). The highest BCUT2D eigenvalue weighted by Crippen LogP contribution is 2.38. The van der Waals surface area contributed by atoms with E-state index in [0.717, 1.165) is 15.7 Å². The molecule has 3 nitrogen and oxygen atoms in total. The van der Waals surface area contributed by atoms with Gasteiger partial charge >= 0.3 is 0 Å². The lowest BCUT2D eigenvalue weighted by Gasteiger charge is -1.94. The second kappa shape index (κ2) is 3.69. The van der Waals surface area contributed by atoms with Crippen LogP contribution in [-0.2, 0) is 4.79 Å². The molecule has 11 heavy (non-hydrogen) atoms. The summed E-state index contributed by atoms with van der Waals surface area (Å²) >= 11 is 3.05. The van der Waals surface area contributed by atoms with E-state index in [0.29, 0.717) is 0 Å². The topological polar surface area (TPSA) is 66.9 Å². The number of carbonyl (C=O) groups excluding carboxylic acids is 1. The molecule has 0 aliphatic carbocycles. The summed E-state index contributed by atoms with van der Waals surface area (Å²) in [5.41, 5.74) is 5.09. The smallest absolute Gasteiger partial charge is 0.261 e. The average Bonchev–Trinajstić information content (AvgIpc) is 2.40. The first-order chi connectivity index (χ1) is 5.25. The Labute approximate surface area is 73.0 Å². The molecule has 1 fully saturated rings. The molecule has 0 atom stereocenters. The molecule has 1 aliphatic rings. The highest BCUT2D eigenvalue weighted by Gasteiger charge is 2.17. The highest BCUT2D eigenvalue weighted by molar-refractivity contribution is 8.25. The van der Waals surface area contributed by atoms with E-state index in [4.69, 9.17) is 11.0 Å². The SMILES string of the molecule is N#CC(C(N)=O)=C1SCCS1. The van der Waals surface area contributed by atoms with Gasteiger partial charge in [0.15, 0.2) is 0 Å². The van der Waals surface area contributed by atoms with Gasteiger partial charge in [-0.15, -0.1) is 23.5 Å². The van der Waals surface area contributed by atoms with E-state index in [1.54, 1.807) is 6.07 Å². The number of thioether (sulfide) groups is 2.